The Morgan fingerprint density at radius 2 is 0.897 bits per heavy atom. The Labute approximate surface area is 471 Å². The third-order valence-corrected chi connectivity index (χ3v) is 14.2. The van der Waals surface area contributed by atoms with Gasteiger partial charge < -0.3 is 65.1 Å². The molecule has 448 valence electrons. The van der Waals surface area contributed by atoms with E-state index in [4.69, 9.17) is 18.9 Å². The number of carbonyl (C=O) groups is 1. The predicted molar refractivity (Wildman–Crippen MR) is 313 cm³/mol. The average molecular weight is 1100 g/mol. The van der Waals surface area contributed by atoms with Crippen molar-refractivity contribution in [2.45, 2.75) is 280 Å². The Bertz CT molecular complexity index is 1680. The largest absolute Gasteiger partial charge is 0.394 e. The molecule has 0 aliphatic carbocycles. The van der Waals surface area contributed by atoms with Crippen LogP contribution in [-0.2, 0) is 23.7 Å². The van der Waals surface area contributed by atoms with Crippen LogP contribution < -0.4 is 5.32 Å². The minimum atomic E-state index is -1.80. The molecule has 0 aromatic rings. The fourth-order valence-electron chi connectivity index (χ4n) is 9.35. The molecular weight excluding hydrogens is 991 g/mol. The van der Waals surface area contributed by atoms with Crippen molar-refractivity contribution < 1.29 is 64.6 Å². The number of aliphatic hydroxyl groups excluding tert-OH is 8. The minimum absolute atomic E-state index is 0.251. The quantitative estimate of drug-likeness (QED) is 0.0204. The van der Waals surface area contributed by atoms with E-state index in [2.05, 4.69) is 104 Å². The first-order chi connectivity index (χ1) is 38.1. The highest BCUT2D eigenvalue weighted by Gasteiger charge is 2.51. The summed E-state index contributed by atoms with van der Waals surface area (Å²) in [5.74, 6) is -0.268. The van der Waals surface area contributed by atoms with Gasteiger partial charge in [0.15, 0.2) is 12.6 Å². The van der Waals surface area contributed by atoms with Crippen LogP contribution >= 0.6 is 0 Å². The molecule has 0 aromatic carbocycles. The van der Waals surface area contributed by atoms with Crippen molar-refractivity contribution in [3.8, 4) is 0 Å². The number of unbranched alkanes of at least 4 members (excludes halogenated alkanes) is 20. The molecule has 1 amide bonds. The van der Waals surface area contributed by atoms with Crippen molar-refractivity contribution in [2.75, 3.05) is 19.8 Å². The molecule has 0 radical (unpaired) electrons. The van der Waals surface area contributed by atoms with Gasteiger partial charge in [-0.15, -0.1) is 0 Å². The van der Waals surface area contributed by atoms with Gasteiger partial charge in [0.25, 0.3) is 0 Å². The SMILES string of the molecule is CC/C=C\C/C=C\C/C=C\C/C=C\C/C=C\CCCCCCCCCC(=O)NC(COC1OC(CO)C(OC2OC(CO)C(O)C(O)C2O)C(O)C1O)C(O)/C=C/CC/C=C/CC/C=C/CCCCCCCCCCCCC. The molecule has 78 heavy (non-hydrogen) atoms. The van der Waals surface area contributed by atoms with Gasteiger partial charge in [-0.25, -0.2) is 0 Å². The van der Waals surface area contributed by atoms with E-state index in [1.807, 2.05) is 6.08 Å². The average Bonchev–Trinajstić information content (AvgIpc) is 3.48. The molecule has 2 fully saturated rings. The lowest BCUT2D eigenvalue weighted by Crippen LogP contribution is -2.65. The van der Waals surface area contributed by atoms with Crippen LogP contribution in [0, 0.1) is 0 Å². The second kappa shape index (κ2) is 48.6. The molecule has 0 aromatic heterocycles. The zero-order valence-electron chi connectivity index (χ0n) is 48.1. The van der Waals surface area contributed by atoms with Gasteiger partial charge >= 0.3 is 0 Å². The molecule has 2 rings (SSSR count). The molecule has 0 bridgehead atoms. The van der Waals surface area contributed by atoms with Crippen molar-refractivity contribution in [1.29, 1.82) is 0 Å². The maximum atomic E-state index is 13.3. The highest BCUT2D eigenvalue weighted by Crippen LogP contribution is 2.30. The first kappa shape index (κ1) is 71.0. The Morgan fingerprint density at radius 1 is 0.474 bits per heavy atom. The number of nitrogens with one attached hydrogen (secondary N) is 1. The zero-order chi connectivity index (χ0) is 56.7. The number of aliphatic hydroxyl groups is 8. The molecule has 9 N–H and O–H groups in total. The van der Waals surface area contributed by atoms with Crippen LogP contribution in [0.3, 0.4) is 0 Å². The molecule has 2 aliphatic heterocycles. The van der Waals surface area contributed by atoms with E-state index >= 15 is 0 Å². The highest BCUT2D eigenvalue weighted by molar-refractivity contribution is 5.76. The Morgan fingerprint density at radius 3 is 1.41 bits per heavy atom. The summed E-state index contributed by atoms with van der Waals surface area (Å²) in [4.78, 5) is 13.3. The summed E-state index contributed by atoms with van der Waals surface area (Å²) in [6.45, 7) is 2.64. The second-order valence-corrected chi connectivity index (χ2v) is 21.1. The molecule has 2 heterocycles. The summed E-state index contributed by atoms with van der Waals surface area (Å²) in [6, 6.07) is -0.951. The first-order valence-corrected chi connectivity index (χ1v) is 30.5. The number of allylic oxidation sites excluding steroid dienone is 15. The summed E-state index contributed by atoms with van der Waals surface area (Å²) in [5.41, 5.74) is 0. The summed E-state index contributed by atoms with van der Waals surface area (Å²) in [5, 5.41) is 87.1. The number of ether oxygens (including phenoxy) is 4. The fourth-order valence-corrected chi connectivity index (χ4v) is 9.35. The van der Waals surface area contributed by atoms with Crippen LogP contribution in [0.25, 0.3) is 0 Å². The van der Waals surface area contributed by atoms with Gasteiger partial charge in [-0.05, 0) is 89.9 Å². The van der Waals surface area contributed by atoms with Gasteiger partial charge in [-0.3, -0.25) is 4.79 Å². The third-order valence-electron chi connectivity index (χ3n) is 14.2. The van der Waals surface area contributed by atoms with E-state index < -0.39 is 86.8 Å². The molecular formula is C64H109NO13. The predicted octanol–water partition coefficient (Wildman–Crippen LogP) is 10.7. The number of amides is 1. The van der Waals surface area contributed by atoms with Gasteiger partial charge in [0.1, 0.15) is 48.8 Å². The van der Waals surface area contributed by atoms with Crippen LogP contribution in [0.2, 0.25) is 0 Å². The smallest absolute Gasteiger partial charge is 0.220 e. The van der Waals surface area contributed by atoms with Gasteiger partial charge in [0, 0.05) is 6.42 Å². The lowest BCUT2D eigenvalue weighted by atomic mass is 9.97. The molecule has 2 saturated heterocycles. The van der Waals surface area contributed by atoms with Crippen LogP contribution in [0.15, 0.2) is 97.2 Å². The second-order valence-electron chi connectivity index (χ2n) is 21.1. The first-order valence-electron chi connectivity index (χ1n) is 30.5. The summed E-state index contributed by atoms with van der Waals surface area (Å²) in [7, 11) is 0. The monoisotopic (exact) mass is 1100 g/mol. The minimum Gasteiger partial charge on any atom is -0.394 e. The summed E-state index contributed by atoms with van der Waals surface area (Å²) < 4.78 is 22.8. The topological polar surface area (TPSA) is 228 Å². The van der Waals surface area contributed by atoms with Crippen molar-refractivity contribution in [3.63, 3.8) is 0 Å². The maximum absolute atomic E-state index is 13.3. The molecule has 12 unspecified atom stereocenters. The van der Waals surface area contributed by atoms with Crippen molar-refractivity contribution >= 4 is 5.91 Å². The Hall–Kier alpha value is -3.09. The number of hydrogen-bond donors (Lipinski definition) is 9. The van der Waals surface area contributed by atoms with Crippen molar-refractivity contribution in [3.05, 3.63) is 97.2 Å². The number of carbonyl (C=O) groups excluding carboxylic acids is 1. The van der Waals surface area contributed by atoms with Gasteiger partial charge in [0.05, 0.1) is 32.0 Å². The van der Waals surface area contributed by atoms with E-state index in [0.29, 0.717) is 12.8 Å². The Balaban J connectivity index is 1.80. The zero-order valence-corrected chi connectivity index (χ0v) is 48.1. The van der Waals surface area contributed by atoms with E-state index in [0.717, 1.165) is 103 Å². The molecule has 2 aliphatic rings. The van der Waals surface area contributed by atoms with Gasteiger partial charge in [-0.2, -0.15) is 0 Å². The Kier molecular flexibility index (Phi) is 44.3. The molecule has 12 atom stereocenters. The van der Waals surface area contributed by atoms with E-state index in [-0.39, 0.29) is 18.9 Å². The molecule has 0 spiro atoms. The maximum Gasteiger partial charge on any atom is 0.220 e. The lowest BCUT2D eigenvalue weighted by molar-refractivity contribution is -0.359. The summed E-state index contributed by atoms with van der Waals surface area (Å²) in [6.07, 6.45) is 50.1. The van der Waals surface area contributed by atoms with E-state index in [1.165, 1.54) is 70.6 Å². The van der Waals surface area contributed by atoms with Crippen LogP contribution in [0.1, 0.15) is 206 Å². The van der Waals surface area contributed by atoms with Crippen molar-refractivity contribution in [2.24, 2.45) is 0 Å². The van der Waals surface area contributed by atoms with Gasteiger partial charge in [-0.1, -0.05) is 207 Å². The molecule has 0 saturated carbocycles. The fraction of sp³-hybridized carbons (Fsp3) is 0.734. The third kappa shape index (κ3) is 33.6. The van der Waals surface area contributed by atoms with E-state index in [1.54, 1.807) is 6.08 Å². The van der Waals surface area contributed by atoms with Gasteiger partial charge in [0.2, 0.25) is 5.91 Å². The lowest BCUT2D eigenvalue weighted by Gasteiger charge is -2.46. The van der Waals surface area contributed by atoms with Crippen LogP contribution in [0.4, 0.5) is 0 Å². The summed E-state index contributed by atoms with van der Waals surface area (Å²) >= 11 is 0. The molecule has 14 heteroatoms. The van der Waals surface area contributed by atoms with Crippen LogP contribution in [-0.4, -0.2) is 140 Å². The normalized spacial score (nSPS) is 25.3. The standard InChI is InChI=1S/C64H109NO13/c1-3-5-7-9-11-13-15-17-19-21-23-25-26-28-30-32-34-36-38-40-42-44-46-48-56(69)65-52(53(68)47-45-43-41-39-37-35-33-31-29-27-24-22-20-18-16-14-12-10-8-6-4-2)51-75-63-61(74)59(72)62(55(50-67)77-63)78-64-60(73)58(71)57(70)54(49-66)76-64/h5,7,11,13,17,19,23,25,28-31,37,39,45,47,52-55,57-64,66-68,70-74H,3-4,6,8-10,12,14-16,18,20-22,24,26-27,32-36,38,40-44,46,48-51H2,1-2H3,(H,65,69)/b7-5-,13-11-,19-17-,25-23-,30-28-,31-29+,39-37+,47-45+. The molecule has 14 nitrogen and oxygen atoms in total. The van der Waals surface area contributed by atoms with E-state index in [9.17, 15) is 45.6 Å². The highest BCUT2D eigenvalue weighted by atomic mass is 16.7. The van der Waals surface area contributed by atoms with Crippen molar-refractivity contribution in [1.82, 2.24) is 5.32 Å². The van der Waals surface area contributed by atoms with Crippen LogP contribution in [0.5, 0.6) is 0 Å². The number of hydrogen-bond acceptors (Lipinski definition) is 13. The number of rotatable bonds is 47.